The summed E-state index contributed by atoms with van der Waals surface area (Å²) < 4.78 is 0. The Morgan fingerprint density at radius 1 is 0.917 bits per heavy atom. The van der Waals surface area contributed by atoms with Gasteiger partial charge in [0.2, 0.25) is 0 Å². The zero-order chi connectivity index (χ0) is 9.14. The topological polar surface area (TPSA) is 0 Å². The van der Waals surface area contributed by atoms with Crippen molar-refractivity contribution in [1.82, 2.24) is 0 Å². The first-order chi connectivity index (χ1) is 5.69. The number of halogens is 2. The number of benzene rings is 1. The van der Waals surface area contributed by atoms with Crippen LogP contribution in [0.4, 0.5) is 0 Å². The largest absolute Gasteiger partial charge is 0.0840 e. The van der Waals surface area contributed by atoms with E-state index in [1.165, 1.54) is 11.1 Å². The normalized spacial score (nSPS) is 10.3. The predicted molar refractivity (Wildman–Crippen MR) is 55.2 cm³/mol. The molecule has 0 unspecified atom stereocenters. The van der Waals surface area contributed by atoms with Gasteiger partial charge >= 0.3 is 0 Å². The van der Waals surface area contributed by atoms with Gasteiger partial charge in [0.05, 0.1) is 0 Å². The summed E-state index contributed by atoms with van der Waals surface area (Å²) in [6, 6.07) is 3.92. The Labute approximate surface area is 83.5 Å². The number of rotatable bonds is 2. The zero-order valence-electron chi connectivity index (χ0n) is 7.32. The SMILES string of the molecule is CCc1cc(CC)c(Cl)cc1Cl. The van der Waals surface area contributed by atoms with Gasteiger partial charge in [-0.2, -0.15) is 0 Å². The van der Waals surface area contributed by atoms with Gasteiger partial charge in [-0.15, -0.1) is 0 Å². The Morgan fingerprint density at radius 2 is 1.33 bits per heavy atom. The maximum Gasteiger partial charge on any atom is 0.0452 e. The quantitative estimate of drug-likeness (QED) is 0.678. The lowest BCUT2D eigenvalue weighted by Crippen LogP contribution is -1.88. The minimum absolute atomic E-state index is 0.778. The first-order valence-corrected chi connectivity index (χ1v) is 4.91. The van der Waals surface area contributed by atoms with Gasteiger partial charge in [0.25, 0.3) is 0 Å². The highest BCUT2D eigenvalue weighted by atomic mass is 35.5. The average molecular weight is 203 g/mol. The molecule has 66 valence electrons. The van der Waals surface area contributed by atoms with E-state index < -0.39 is 0 Å². The third-order valence-corrected chi connectivity index (χ3v) is 2.68. The summed E-state index contributed by atoms with van der Waals surface area (Å²) in [5.41, 5.74) is 2.36. The van der Waals surface area contributed by atoms with Crippen molar-refractivity contribution < 1.29 is 0 Å². The van der Waals surface area contributed by atoms with E-state index in [9.17, 15) is 0 Å². The molecule has 0 radical (unpaired) electrons. The molecule has 0 bridgehead atoms. The van der Waals surface area contributed by atoms with Gasteiger partial charge in [-0.25, -0.2) is 0 Å². The lowest BCUT2D eigenvalue weighted by Gasteiger charge is -2.06. The Kier molecular flexibility index (Phi) is 3.42. The first kappa shape index (κ1) is 9.88. The summed E-state index contributed by atoms with van der Waals surface area (Å²) in [5, 5.41) is 1.56. The molecule has 0 aliphatic carbocycles. The minimum atomic E-state index is 0.778. The van der Waals surface area contributed by atoms with Crippen molar-refractivity contribution in [3.05, 3.63) is 33.3 Å². The van der Waals surface area contributed by atoms with Crippen LogP contribution in [0.5, 0.6) is 0 Å². The monoisotopic (exact) mass is 202 g/mol. The number of aryl methyl sites for hydroxylation is 2. The molecule has 0 spiro atoms. The molecule has 0 aromatic heterocycles. The van der Waals surface area contributed by atoms with Crippen LogP contribution >= 0.6 is 23.2 Å². The van der Waals surface area contributed by atoms with Gasteiger partial charge < -0.3 is 0 Å². The molecule has 0 amide bonds. The van der Waals surface area contributed by atoms with Crippen molar-refractivity contribution in [2.75, 3.05) is 0 Å². The summed E-state index contributed by atoms with van der Waals surface area (Å²) in [5.74, 6) is 0. The van der Waals surface area contributed by atoms with E-state index in [1.807, 2.05) is 6.07 Å². The molecular weight excluding hydrogens is 191 g/mol. The fraction of sp³-hybridized carbons (Fsp3) is 0.400. The molecule has 0 nitrogen and oxygen atoms in total. The highest BCUT2D eigenvalue weighted by molar-refractivity contribution is 6.35. The van der Waals surface area contributed by atoms with Gasteiger partial charge in [0.15, 0.2) is 0 Å². The van der Waals surface area contributed by atoms with Crippen molar-refractivity contribution >= 4 is 23.2 Å². The van der Waals surface area contributed by atoms with Crippen molar-refractivity contribution in [2.45, 2.75) is 26.7 Å². The molecule has 0 fully saturated rings. The lowest BCUT2D eigenvalue weighted by atomic mass is 10.1. The van der Waals surface area contributed by atoms with E-state index in [1.54, 1.807) is 0 Å². The van der Waals surface area contributed by atoms with Crippen molar-refractivity contribution in [3.8, 4) is 0 Å². The molecular formula is C10H12Cl2. The minimum Gasteiger partial charge on any atom is -0.0840 e. The van der Waals surface area contributed by atoms with Crippen LogP contribution in [0, 0.1) is 0 Å². The van der Waals surface area contributed by atoms with E-state index in [-0.39, 0.29) is 0 Å². The second kappa shape index (κ2) is 4.15. The zero-order valence-corrected chi connectivity index (χ0v) is 8.84. The lowest BCUT2D eigenvalue weighted by molar-refractivity contribution is 1.09. The van der Waals surface area contributed by atoms with Crippen LogP contribution in [0.25, 0.3) is 0 Å². The molecule has 0 N–H and O–H groups in total. The first-order valence-electron chi connectivity index (χ1n) is 4.15. The average Bonchev–Trinajstić information content (AvgIpc) is 2.05. The Bertz CT molecular complexity index is 254. The Hall–Kier alpha value is -0.200. The van der Waals surface area contributed by atoms with E-state index >= 15 is 0 Å². The van der Waals surface area contributed by atoms with Crippen LogP contribution < -0.4 is 0 Å². The maximum atomic E-state index is 5.97. The summed E-state index contributed by atoms with van der Waals surface area (Å²) >= 11 is 11.9. The van der Waals surface area contributed by atoms with Crippen molar-refractivity contribution in [2.24, 2.45) is 0 Å². The van der Waals surface area contributed by atoms with Crippen LogP contribution in [-0.2, 0) is 12.8 Å². The van der Waals surface area contributed by atoms with E-state index in [0.717, 1.165) is 22.9 Å². The van der Waals surface area contributed by atoms with Crippen LogP contribution in [0.15, 0.2) is 12.1 Å². The standard InChI is InChI=1S/C10H12Cl2/c1-3-7-5-8(4-2)10(12)6-9(7)11/h5-6H,3-4H2,1-2H3. The molecule has 1 aromatic rings. The molecule has 1 aromatic carbocycles. The van der Waals surface area contributed by atoms with E-state index in [4.69, 9.17) is 23.2 Å². The Balaban J connectivity index is 3.18. The smallest absolute Gasteiger partial charge is 0.0452 e. The Morgan fingerprint density at radius 3 is 1.67 bits per heavy atom. The fourth-order valence-corrected chi connectivity index (χ4v) is 1.84. The predicted octanol–water partition coefficient (Wildman–Crippen LogP) is 4.12. The summed E-state index contributed by atoms with van der Waals surface area (Å²) in [4.78, 5) is 0. The van der Waals surface area contributed by atoms with Crippen molar-refractivity contribution in [3.63, 3.8) is 0 Å². The molecule has 0 aliphatic heterocycles. The molecule has 0 atom stereocenters. The summed E-state index contributed by atoms with van der Waals surface area (Å²) in [6.07, 6.45) is 1.92. The van der Waals surface area contributed by atoms with Gasteiger partial charge in [-0.05, 0) is 30.0 Å². The van der Waals surface area contributed by atoms with Crippen LogP contribution in [0.2, 0.25) is 10.0 Å². The second-order valence-corrected chi connectivity index (χ2v) is 3.56. The van der Waals surface area contributed by atoms with Crippen LogP contribution in [0.1, 0.15) is 25.0 Å². The fourth-order valence-electron chi connectivity index (χ4n) is 1.19. The maximum absolute atomic E-state index is 5.97. The highest BCUT2D eigenvalue weighted by Crippen LogP contribution is 2.25. The summed E-state index contributed by atoms with van der Waals surface area (Å²) in [6.45, 7) is 4.18. The molecule has 0 aliphatic rings. The molecule has 1 rings (SSSR count). The number of hydrogen-bond acceptors (Lipinski definition) is 0. The highest BCUT2D eigenvalue weighted by Gasteiger charge is 2.03. The molecule has 0 heterocycles. The van der Waals surface area contributed by atoms with E-state index in [0.29, 0.717) is 0 Å². The molecule has 0 saturated heterocycles. The van der Waals surface area contributed by atoms with Crippen LogP contribution in [-0.4, -0.2) is 0 Å². The molecule has 12 heavy (non-hydrogen) atoms. The van der Waals surface area contributed by atoms with Gasteiger partial charge in [-0.1, -0.05) is 43.1 Å². The van der Waals surface area contributed by atoms with Gasteiger partial charge in [0, 0.05) is 10.0 Å². The van der Waals surface area contributed by atoms with E-state index in [2.05, 4.69) is 19.9 Å². The number of hydrogen-bond donors (Lipinski definition) is 0. The van der Waals surface area contributed by atoms with Gasteiger partial charge in [-0.3, -0.25) is 0 Å². The summed E-state index contributed by atoms with van der Waals surface area (Å²) in [7, 11) is 0. The van der Waals surface area contributed by atoms with Crippen LogP contribution in [0.3, 0.4) is 0 Å². The molecule has 2 heteroatoms. The third-order valence-electron chi connectivity index (χ3n) is 1.98. The van der Waals surface area contributed by atoms with Crippen molar-refractivity contribution in [1.29, 1.82) is 0 Å². The molecule has 0 saturated carbocycles. The third kappa shape index (κ3) is 1.94. The second-order valence-electron chi connectivity index (χ2n) is 2.74. The van der Waals surface area contributed by atoms with Gasteiger partial charge in [0.1, 0.15) is 0 Å².